The van der Waals surface area contributed by atoms with E-state index in [1.165, 1.54) is 12.1 Å². The smallest absolute Gasteiger partial charge is 0.287 e. The van der Waals surface area contributed by atoms with Crippen LogP contribution in [-0.4, -0.2) is 53.6 Å². The molecule has 1 fully saturated rings. The first kappa shape index (κ1) is 13.6. The van der Waals surface area contributed by atoms with Crippen molar-refractivity contribution in [2.24, 2.45) is 5.73 Å². The zero-order chi connectivity index (χ0) is 14.0. The molecule has 104 valence electrons. The minimum atomic E-state index is -0.884. The molecule has 0 radical (unpaired) electrons. The van der Waals surface area contributed by atoms with E-state index >= 15 is 0 Å². The van der Waals surface area contributed by atoms with E-state index in [0.29, 0.717) is 13.1 Å². The standard InChI is InChI=1S/C12H17N3O4/c1-2-15-6-12(18,7-15)5-14-11(17)9-4-3-8(19-9)10(13)16/h3-4,18H,2,5-7H2,1H3,(H2,13,16)(H,14,17). The molecule has 0 saturated carbocycles. The lowest BCUT2D eigenvalue weighted by Crippen LogP contribution is -2.66. The number of likely N-dealkylation sites (N-methyl/N-ethyl adjacent to an activating group) is 1. The minimum Gasteiger partial charge on any atom is -0.446 e. The van der Waals surface area contributed by atoms with Gasteiger partial charge in [0.05, 0.1) is 0 Å². The van der Waals surface area contributed by atoms with E-state index in [0.717, 1.165) is 6.54 Å². The topological polar surface area (TPSA) is 109 Å². The highest BCUT2D eigenvalue weighted by Crippen LogP contribution is 2.19. The van der Waals surface area contributed by atoms with Crippen LogP contribution in [0.15, 0.2) is 16.5 Å². The van der Waals surface area contributed by atoms with Crippen molar-refractivity contribution in [3.05, 3.63) is 23.7 Å². The highest BCUT2D eigenvalue weighted by Gasteiger charge is 2.40. The quantitative estimate of drug-likeness (QED) is 0.645. The van der Waals surface area contributed by atoms with Gasteiger partial charge in [0.15, 0.2) is 11.5 Å². The molecule has 1 aromatic rings. The summed E-state index contributed by atoms with van der Waals surface area (Å²) in [6, 6.07) is 2.71. The highest BCUT2D eigenvalue weighted by molar-refractivity contribution is 5.95. The number of aliphatic hydroxyl groups is 1. The highest BCUT2D eigenvalue weighted by atomic mass is 16.4. The monoisotopic (exact) mass is 267 g/mol. The Morgan fingerprint density at radius 2 is 2.11 bits per heavy atom. The van der Waals surface area contributed by atoms with Gasteiger partial charge in [0.1, 0.15) is 5.60 Å². The van der Waals surface area contributed by atoms with Gasteiger partial charge in [-0.25, -0.2) is 0 Å². The molecule has 0 atom stereocenters. The predicted octanol–water partition coefficient (Wildman–Crippen LogP) is -0.825. The number of likely N-dealkylation sites (tertiary alicyclic amines) is 1. The second-order valence-electron chi connectivity index (χ2n) is 4.74. The first-order chi connectivity index (χ1) is 8.93. The molecule has 0 aromatic carbocycles. The zero-order valence-corrected chi connectivity index (χ0v) is 10.7. The maximum atomic E-state index is 11.7. The van der Waals surface area contributed by atoms with Crippen molar-refractivity contribution in [3.63, 3.8) is 0 Å². The summed E-state index contributed by atoms with van der Waals surface area (Å²) in [4.78, 5) is 24.6. The number of nitrogens with two attached hydrogens (primary N) is 1. The van der Waals surface area contributed by atoms with E-state index in [-0.39, 0.29) is 18.1 Å². The van der Waals surface area contributed by atoms with Gasteiger partial charge in [0, 0.05) is 19.6 Å². The van der Waals surface area contributed by atoms with Crippen molar-refractivity contribution in [1.29, 1.82) is 0 Å². The van der Waals surface area contributed by atoms with Crippen molar-refractivity contribution >= 4 is 11.8 Å². The summed E-state index contributed by atoms with van der Waals surface area (Å²) in [6.07, 6.45) is 0. The first-order valence-electron chi connectivity index (χ1n) is 6.06. The number of primary amides is 1. The van der Waals surface area contributed by atoms with E-state index in [1.54, 1.807) is 0 Å². The van der Waals surface area contributed by atoms with Crippen LogP contribution >= 0.6 is 0 Å². The summed E-state index contributed by atoms with van der Waals surface area (Å²) in [5, 5.41) is 12.6. The maximum absolute atomic E-state index is 11.7. The van der Waals surface area contributed by atoms with E-state index in [2.05, 4.69) is 10.2 Å². The molecule has 19 heavy (non-hydrogen) atoms. The van der Waals surface area contributed by atoms with Crippen molar-refractivity contribution < 1.29 is 19.1 Å². The number of carbonyl (C=O) groups excluding carboxylic acids is 2. The Balaban J connectivity index is 1.86. The molecular formula is C12H17N3O4. The number of hydrogen-bond donors (Lipinski definition) is 3. The maximum Gasteiger partial charge on any atom is 0.287 e. The summed E-state index contributed by atoms with van der Waals surface area (Å²) >= 11 is 0. The zero-order valence-electron chi connectivity index (χ0n) is 10.7. The van der Waals surface area contributed by atoms with E-state index in [9.17, 15) is 14.7 Å². The van der Waals surface area contributed by atoms with Crippen LogP contribution in [0.2, 0.25) is 0 Å². The SMILES string of the molecule is CCN1CC(O)(CNC(=O)c2ccc(C(N)=O)o2)C1. The third-order valence-corrected chi connectivity index (χ3v) is 3.13. The van der Waals surface area contributed by atoms with Gasteiger partial charge in [-0.1, -0.05) is 6.92 Å². The summed E-state index contributed by atoms with van der Waals surface area (Å²) in [7, 11) is 0. The van der Waals surface area contributed by atoms with Gasteiger partial charge in [-0.05, 0) is 18.7 Å². The van der Waals surface area contributed by atoms with Gasteiger partial charge in [-0.3, -0.25) is 14.5 Å². The van der Waals surface area contributed by atoms with Gasteiger partial charge >= 0.3 is 0 Å². The van der Waals surface area contributed by atoms with Gasteiger partial charge in [0.2, 0.25) is 0 Å². The van der Waals surface area contributed by atoms with E-state index in [1.807, 2.05) is 6.92 Å². The third-order valence-electron chi connectivity index (χ3n) is 3.13. The number of nitrogens with one attached hydrogen (secondary N) is 1. The Labute approximate surface area is 110 Å². The lowest BCUT2D eigenvalue weighted by Gasteiger charge is -2.46. The first-order valence-corrected chi connectivity index (χ1v) is 6.06. The van der Waals surface area contributed by atoms with Crippen molar-refractivity contribution in [2.45, 2.75) is 12.5 Å². The molecule has 1 aliphatic rings. The van der Waals surface area contributed by atoms with Crippen LogP contribution in [0.4, 0.5) is 0 Å². The van der Waals surface area contributed by atoms with Gasteiger partial charge in [0.25, 0.3) is 11.8 Å². The lowest BCUT2D eigenvalue weighted by atomic mass is 9.94. The molecule has 1 aromatic heterocycles. The van der Waals surface area contributed by atoms with Crippen LogP contribution in [0.25, 0.3) is 0 Å². The molecule has 0 spiro atoms. The van der Waals surface area contributed by atoms with Crippen LogP contribution in [0.3, 0.4) is 0 Å². The molecule has 7 heteroatoms. The normalized spacial score (nSPS) is 17.8. The fourth-order valence-electron chi connectivity index (χ4n) is 2.05. The van der Waals surface area contributed by atoms with Crippen molar-refractivity contribution in [3.8, 4) is 0 Å². The second kappa shape index (κ2) is 5.02. The Morgan fingerprint density at radius 3 is 2.63 bits per heavy atom. The largest absolute Gasteiger partial charge is 0.446 e. The molecule has 1 saturated heterocycles. The van der Waals surface area contributed by atoms with Crippen LogP contribution in [0.1, 0.15) is 28.0 Å². The third kappa shape index (κ3) is 2.94. The molecule has 4 N–H and O–H groups in total. The number of nitrogens with zero attached hydrogens (tertiary/aromatic N) is 1. The number of hydrogen-bond acceptors (Lipinski definition) is 5. The molecule has 7 nitrogen and oxygen atoms in total. The van der Waals surface area contributed by atoms with Crippen molar-refractivity contribution in [2.75, 3.05) is 26.2 Å². The molecule has 0 unspecified atom stereocenters. The molecular weight excluding hydrogens is 250 g/mol. The summed E-state index contributed by atoms with van der Waals surface area (Å²) < 4.78 is 4.99. The molecule has 2 amide bonds. The molecule has 0 bridgehead atoms. The summed E-state index contributed by atoms with van der Waals surface area (Å²) in [6.45, 7) is 4.10. The van der Waals surface area contributed by atoms with Gasteiger partial charge in [-0.15, -0.1) is 0 Å². The number of β-amino-alcohol motifs (C(OH)–C–C–N with tert-alkyl or cyclic N) is 1. The lowest BCUT2D eigenvalue weighted by molar-refractivity contribution is -0.0913. The second-order valence-corrected chi connectivity index (χ2v) is 4.74. The molecule has 1 aliphatic heterocycles. The van der Waals surface area contributed by atoms with E-state index < -0.39 is 17.4 Å². The minimum absolute atomic E-state index is 0.00377. The number of rotatable bonds is 5. The number of amides is 2. The molecule has 0 aliphatic carbocycles. The van der Waals surface area contributed by atoms with Crippen LogP contribution < -0.4 is 11.1 Å². The average Bonchev–Trinajstić information content (AvgIpc) is 2.82. The van der Waals surface area contributed by atoms with Crippen LogP contribution in [0, 0.1) is 0 Å². The fraction of sp³-hybridized carbons (Fsp3) is 0.500. The molecule has 2 heterocycles. The van der Waals surface area contributed by atoms with Gasteiger partial charge < -0.3 is 20.6 Å². The molecule has 2 rings (SSSR count). The Kier molecular flexibility index (Phi) is 3.59. The van der Waals surface area contributed by atoms with Crippen molar-refractivity contribution in [1.82, 2.24) is 10.2 Å². The Bertz CT molecular complexity index is 491. The Hall–Kier alpha value is -1.86. The number of carbonyl (C=O) groups is 2. The average molecular weight is 267 g/mol. The van der Waals surface area contributed by atoms with E-state index in [4.69, 9.17) is 10.2 Å². The summed E-state index contributed by atoms with van der Waals surface area (Å²) in [5.74, 6) is -1.26. The Morgan fingerprint density at radius 1 is 1.47 bits per heavy atom. The predicted molar refractivity (Wildman–Crippen MR) is 66.6 cm³/mol. The van der Waals surface area contributed by atoms with Crippen LogP contribution in [0.5, 0.6) is 0 Å². The van der Waals surface area contributed by atoms with Crippen LogP contribution in [-0.2, 0) is 0 Å². The van der Waals surface area contributed by atoms with Gasteiger partial charge in [-0.2, -0.15) is 0 Å². The number of furan rings is 1. The summed E-state index contributed by atoms with van der Waals surface area (Å²) in [5.41, 5.74) is 4.14. The fourth-order valence-corrected chi connectivity index (χ4v) is 2.05.